The number of hydrogen-bond acceptors (Lipinski definition) is 6. The fraction of sp³-hybridized carbons (Fsp3) is 0.316. The van der Waals surface area contributed by atoms with Crippen molar-refractivity contribution in [2.24, 2.45) is 0 Å². The average molecular weight is 353 g/mol. The summed E-state index contributed by atoms with van der Waals surface area (Å²) in [6, 6.07) is 13.4. The van der Waals surface area contributed by atoms with Gasteiger partial charge in [0, 0.05) is 6.54 Å². The average Bonchev–Trinajstić information content (AvgIpc) is 3.12. The van der Waals surface area contributed by atoms with E-state index in [1.54, 1.807) is 11.8 Å². The van der Waals surface area contributed by atoms with Crippen LogP contribution in [0.1, 0.15) is 17.8 Å². The van der Waals surface area contributed by atoms with Crippen LogP contribution in [0, 0.1) is 6.92 Å². The van der Waals surface area contributed by atoms with E-state index in [2.05, 4.69) is 10.1 Å². The summed E-state index contributed by atoms with van der Waals surface area (Å²) in [7, 11) is 0. The van der Waals surface area contributed by atoms with Crippen LogP contribution in [0.2, 0.25) is 0 Å². The third-order valence-corrected chi connectivity index (χ3v) is 4.36. The summed E-state index contributed by atoms with van der Waals surface area (Å²) in [5, 5.41) is 6.00. The van der Waals surface area contributed by atoms with Crippen LogP contribution in [0.25, 0.3) is 10.8 Å². The van der Waals surface area contributed by atoms with Gasteiger partial charge in [0.25, 0.3) is 11.8 Å². The van der Waals surface area contributed by atoms with Gasteiger partial charge in [0.1, 0.15) is 11.8 Å². The lowest BCUT2D eigenvalue weighted by atomic mass is 10.1. The molecular weight excluding hydrogens is 334 g/mol. The highest BCUT2D eigenvalue weighted by Crippen LogP contribution is 2.24. The van der Waals surface area contributed by atoms with Gasteiger partial charge in [-0.25, -0.2) is 0 Å². The second-order valence-corrected chi connectivity index (χ2v) is 6.16. The van der Waals surface area contributed by atoms with Crippen molar-refractivity contribution < 1.29 is 18.8 Å². The Morgan fingerprint density at radius 3 is 2.92 bits per heavy atom. The summed E-state index contributed by atoms with van der Waals surface area (Å²) in [6.07, 6.45) is 0. The van der Waals surface area contributed by atoms with Crippen molar-refractivity contribution in [1.29, 1.82) is 0 Å². The van der Waals surface area contributed by atoms with Gasteiger partial charge in [-0.15, -0.1) is 0 Å². The number of hydrogen-bond donors (Lipinski definition) is 0. The molecule has 7 heteroatoms. The number of aromatic nitrogens is 2. The Kier molecular flexibility index (Phi) is 4.53. The maximum atomic E-state index is 12.7. The number of carbonyl (C=O) groups excluding carboxylic acids is 1. The Balaban J connectivity index is 1.45. The zero-order valence-electron chi connectivity index (χ0n) is 14.4. The predicted octanol–water partition coefficient (Wildman–Crippen LogP) is 2.51. The minimum Gasteiger partial charge on any atom is -0.484 e. The third kappa shape index (κ3) is 3.39. The number of nitrogens with zero attached hydrogens (tertiary/aromatic N) is 3. The topological polar surface area (TPSA) is 77.7 Å². The SMILES string of the molecule is Cc1noc([C@H]2COCCN2C(=O)COc2ccc3ccccc3c2)n1. The van der Waals surface area contributed by atoms with E-state index in [-0.39, 0.29) is 18.6 Å². The Labute approximate surface area is 150 Å². The zero-order chi connectivity index (χ0) is 17.9. The van der Waals surface area contributed by atoms with Gasteiger partial charge in [-0.2, -0.15) is 4.98 Å². The lowest BCUT2D eigenvalue weighted by molar-refractivity contribution is -0.143. The molecule has 2 aromatic carbocycles. The fourth-order valence-electron chi connectivity index (χ4n) is 3.04. The number of aryl methyl sites for hydroxylation is 1. The van der Waals surface area contributed by atoms with Gasteiger partial charge in [-0.1, -0.05) is 35.5 Å². The lowest BCUT2D eigenvalue weighted by Gasteiger charge is -2.33. The van der Waals surface area contributed by atoms with Crippen molar-refractivity contribution >= 4 is 16.7 Å². The summed E-state index contributed by atoms with van der Waals surface area (Å²) < 4.78 is 16.4. The molecule has 1 aliphatic heterocycles. The molecule has 0 aliphatic carbocycles. The molecule has 2 heterocycles. The highest BCUT2D eigenvalue weighted by Gasteiger charge is 2.32. The van der Waals surface area contributed by atoms with Crippen LogP contribution in [-0.4, -0.2) is 47.3 Å². The van der Waals surface area contributed by atoms with Gasteiger partial charge in [-0.05, 0) is 29.8 Å². The van der Waals surface area contributed by atoms with Crippen LogP contribution in [0.4, 0.5) is 0 Å². The van der Waals surface area contributed by atoms with E-state index >= 15 is 0 Å². The molecule has 4 rings (SSSR count). The minimum atomic E-state index is -0.377. The van der Waals surface area contributed by atoms with Gasteiger partial charge in [0.2, 0.25) is 0 Å². The molecule has 3 aromatic rings. The van der Waals surface area contributed by atoms with Crippen LogP contribution >= 0.6 is 0 Å². The zero-order valence-corrected chi connectivity index (χ0v) is 14.4. The second kappa shape index (κ2) is 7.13. The van der Waals surface area contributed by atoms with E-state index in [1.807, 2.05) is 42.5 Å². The maximum Gasteiger partial charge on any atom is 0.261 e. The van der Waals surface area contributed by atoms with Crippen molar-refractivity contribution in [2.75, 3.05) is 26.4 Å². The molecule has 0 unspecified atom stereocenters. The Hall–Kier alpha value is -2.93. The van der Waals surface area contributed by atoms with Gasteiger partial charge >= 0.3 is 0 Å². The van der Waals surface area contributed by atoms with E-state index in [1.165, 1.54) is 0 Å². The lowest BCUT2D eigenvalue weighted by Crippen LogP contribution is -2.45. The standard InChI is InChI=1S/C19H19N3O4/c1-13-20-19(26-21-13)17-11-24-9-8-22(17)18(23)12-25-16-7-6-14-4-2-3-5-15(14)10-16/h2-7,10,17H,8-9,11-12H2,1H3/t17-/m1/s1. The van der Waals surface area contributed by atoms with Crippen LogP contribution in [-0.2, 0) is 9.53 Å². The number of ether oxygens (including phenoxy) is 2. The number of amides is 1. The van der Waals surface area contributed by atoms with Crippen molar-refractivity contribution in [3.05, 3.63) is 54.2 Å². The second-order valence-electron chi connectivity index (χ2n) is 6.16. The minimum absolute atomic E-state index is 0.0536. The van der Waals surface area contributed by atoms with Gasteiger partial charge in [0.15, 0.2) is 12.4 Å². The first-order valence-electron chi connectivity index (χ1n) is 8.50. The number of rotatable bonds is 4. The van der Waals surface area contributed by atoms with Crippen molar-refractivity contribution in [1.82, 2.24) is 15.0 Å². The van der Waals surface area contributed by atoms with E-state index in [4.69, 9.17) is 14.0 Å². The van der Waals surface area contributed by atoms with Gasteiger partial charge in [-0.3, -0.25) is 4.79 Å². The number of morpholine rings is 1. The van der Waals surface area contributed by atoms with E-state index in [9.17, 15) is 4.79 Å². The van der Waals surface area contributed by atoms with Crippen LogP contribution in [0.3, 0.4) is 0 Å². The first-order valence-corrected chi connectivity index (χ1v) is 8.50. The number of fused-ring (bicyclic) bond motifs is 1. The highest BCUT2D eigenvalue weighted by molar-refractivity contribution is 5.84. The molecule has 1 aromatic heterocycles. The molecular formula is C19H19N3O4. The Morgan fingerprint density at radius 1 is 1.27 bits per heavy atom. The van der Waals surface area contributed by atoms with Gasteiger partial charge < -0.3 is 18.9 Å². The summed E-state index contributed by atoms with van der Waals surface area (Å²) in [4.78, 5) is 18.6. The monoisotopic (exact) mass is 353 g/mol. The summed E-state index contributed by atoms with van der Waals surface area (Å²) >= 11 is 0. The fourth-order valence-corrected chi connectivity index (χ4v) is 3.04. The molecule has 0 spiro atoms. The largest absolute Gasteiger partial charge is 0.484 e. The number of carbonyl (C=O) groups is 1. The molecule has 1 aliphatic rings. The first-order chi connectivity index (χ1) is 12.7. The van der Waals surface area contributed by atoms with Crippen molar-refractivity contribution in [3.63, 3.8) is 0 Å². The molecule has 0 saturated carbocycles. The normalized spacial score (nSPS) is 17.4. The summed E-state index contributed by atoms with van der Waals surface area (Å²) in [5.41, 5.74) is 0. The molecule has 1 saturated heterocycles. The maximum absolute atomic E-state index is 12.7. The first kappa shape index (κ1) is 16.5. The van der Waals surface area contributed by atoms with Crippen LogP contribution < -0.4 is 4.74 Å². The smallest absolute Gasteiger partial charge is 0.261 e. The molecule has 1 fully saturated rings. The van der Waals surface area contributed by atoms with Crippen molar-refractivity contribution in [3.8, 4) is 5.75 Å². The van der Waals surface area contributed by atoms with E-state index in [0.29, 0.717) is 37.2 Å². The van der Waals surface area contributed by atoms with Crippen LogP contribution in [0.5, 0.6) is 5.75 Å². The predicted molar refractivity (Wildman–Crippen MR) is 93.8 cm³/mol. The Bertz CT molecular complexity index is 924. The molecule has 1 atom stereocenters. The Morgan fingerprint density at radius 2 is 2.12 bits per heavy atom. The quantitative estimate of drug-likeness (QED) is 0.717. The van der Waals surface area contributed by atoms with Gasteiger partial charge in [0.05, 0.1) is 13.2 Å². The molecule has 0 N–H and O–H groups in total. The number of benzene rings is 2. The van der Waals surface area contributed by atoms with E-state index < -0.39 is 0 Å². The highest BCUT2D eigenvalue weighted by atomic mass is 16.5. The molecule has 7 nitrogen and oxygen atoms in total. The molecule has 0 bridgehead atoms. The summed E-state index contributed by atoms with van der Waals surface area (Å²) in [5.74, 6) is 1.45. The molecule has 0 radical (unpaired) electrons. The van der Waals surface area contributed by atoms with E-state index in [0.717, 1.165) is 10.8 Å². The summed E-state index contributed by atoms with van der Waals surface area (Å²) in [6.45, 7) is 2.97. The van der Waals surface area contributed by atoms with Crippen LogP contribution in [0.15, 0.2) is 47.0 Å². The third-order valence-electron chi connectivity index (χ3n) is 4.36. The molecule has 134 valence electrons. The molecule has 1 amide bonds. The van der Waals surface area contributed by atoms with Crippen molar-refractivity contribution in [2.45, 2.75) is 13.0 Å². The molecule has 26 heavy (non-hydrogen) atoms.